The van der Waals surface area contributed by atoms with Crippen LogP contribution in [0.15, 0.2) is 11.6 Å². The summed E-state index contributed by atoms with van der Waals surface area (Å²) in [4.78, 5) is 11.5. The molecule has 0 unspecified atom stereocenters. The topological polar surface area (TPSA) is 26.3 Å². The molecule has 0 amide bonds. The molecule has 3 saturated carbocycles. The van der Waals surface area contributed by atoms with Crippen molar-refractivity contribution in [3.63, 3.8) is 0 Å². The lowest BCUT2D eigenvalue weighted by molar-refractivity contribution is -0.148. The Labute approximate surface area is 204 Å². The first-order chi connectivity index (χ1) is 15.6. The van der Waals surface area contributed by atoms with Crippen molar-refractivity contribution in [1.82, 2.24) is 0 Å². The molecule has 2 heteroatoms. The highest BCUT2D eigenvalue weighted by Gasteiger charge is 2.59. The Balaban J connectivity index is 1.46. The van der Waals surface area contributed by atoms with Crippen LogP contribution in [0.25, 0.3) is 0 Å². The minimum absolute atomic E-state index is 0.113. The van der Waals surface area contributed by atoms with E-state index in [0.29, 0.717) is 10.8 Å². The molecule has 4 aliphatic carbocycles. The number of carbonyl (C=O) groups excluding carboxylic acids is 1. The summed E-state index contributed by atoms with van der Waals surface area (Å²) < 4.78 is 5.63. The molecule has 3 fully saturated rings. The molecule has 0 saturated heterocycles. The van der Waals surface area contributed by atoms with Gasteiger partial charge in [-0.15, -0.1) is 0 Å². The largest absolute Gasteiger partial charge is 0.462 e. The summed E-state index contributed by atoms with van der Waals surface area (Å²) in [6.07, 6.45) is 17.2. The fourth-order valence-corrected chi connectivity index (χ4v) is 9.63. The molecule has 0 bridgehead atoms. The van der Waals surface area contributed by atoms with E-state index < -0.39 is 0 Å². The van der Waals surface area contributed by atoms with Gasteiger partial charge in [0.15, 0.2) is 0 Å². The van der Waals surface area contributed by atoms with Crippen LogP contribution in [0.4, 0.5) is 0 Å². The van der Waals surface area contributed by atoms with Crippen LogP contribution in [-0.4, -0.2) is 12.1 Å². The van der Waals surface area contributed by atoms with E-state index in [0.717, 1.165) is 54.3 Å². The van der Waals surface area contributed by atoms with Crippen molar-refractivity contribution < 1.29 is 9.53 Å². The highest BCUT2D eigenvalue weighted by atomic mass is 16.5. The fraction of sp³-hybridized carbons (Fsp3) is 0.903. The molecule has 9 atom stereocenters. The van der Waals surface area contributed by atoms with Crippen molar-refractivity contribution in [2.45, 2.75) is 125 Å². The molecule has 0 spiro atoms. The molecular formula is C31H52O2. The van der Waals surface area contributed by atoms with Crippen molar-refractivity contribution in [3.05, 3.63) is 11.6 Å². The summed E-state index contributed by atoms with van der Waals surface area (Å²) in [5.74, 6) is 6.03. The first kappa shape index (κ1) is 25.3. The second kappa shape index (κ2) is 9.69. The molecule has 2 nitrogen and oxygen atoms in total. The van der Waals surface area contributed by atoms with Crippen LogP contribution in [-0.2, 0) is 9.53 Å². The lowest BCUT2D eigenvalue weighted by Gasteiger charge is -2.58. The second-order valence-corrected chi connectivity index (χ2v) is 13.4. The van der Waals surface area contributed by atoms with Crippen LogP contribution >= 0.6 is 0 Å². The third kappa shape index (κ3) is 4.58. The molecule has 188 valence electrons. The van der Waals surface area contributed by atoms with Crippen LogP contribution in [0.5, 0.6) is 0 Å². The SMILES string of the molecule is CC[C@@H](CC[C@@H](C)[C@H]1CC[C@@H]2[C@@H]3CC=C4C[C@H](OC(C)=O)CC[C@]4(C)[C@H]3CC[C@@]21C)C(C)C. The number of hydrogen-bond acceptors (Lipinski definition) is 2. The van der Waals surface area contributed by atoms with E-state index in [1.807, 2.05) is 0 Å². The summed E-state index contributed by atoms with van der Waals surface area (Å²) in [5, 5.41) is 0. The van der Waals surface area contributed by atoms with E-state index in [-0.39, 0.29) is 12.1 Å². The lowest BCUT2D eigenvalue weighted by atomic mass is 9.47. The fourth-order valence-electron chi connectivity index (χ4n) is 9.63. The molecule has 0 aromatic heterocycles. The van der Waals surface area contributed by atoms with Gasteiger partial charge in [-0.05, 0) is 104 Å². The van der Waals surface area contributed by atoms with Crippen molar-refractivity contribution in [2.75, 3.05) is 0 Å². The highest BCUT2D eigenvalue weighted by molar-refractivity contribution is 5.66. The minimum Gasteiger partial charge on any atom is -0.462 e. The minimum atomic E-state index is -0.115. The van der Waals surface area contributed by atoms with E-state index in [4.69, 9.17) is 4.74 Å². The number of hydrogen-bond donors (Lipinski definition) is 0. The van der Waals surface area contributed by atoms with E-state index >= 15 is 0 Å². The zero-order valence-corrected chi connectivity index (χ0v) is 22.8. The number of ether oxygens (including phenoxy) is 1. The maximum atomic E-state index is 11.5. The van der Waals surface area contributed by atoms with E-state index in [1.54, 1.807) is 12.5 Å². The maximum absolute atomic E-state index is 11.5. The van der Waals surface area contributed by atoms with Crippen LogP contribution < -0.4 is 0 Å². The van der Waals surface area contributed by atoms with Gasteiger partial charge in [0.25, 0.3) is 0 Å². The monoisotopic (exact) mass is 456 g/mol. The van der Waals surface area contributed by atoms with Crippen molar-refractivity contribution >= 4 is 5.97 Å². The van der Waals surface area contributed by atoms with E-state index in [9.17, 15) is 4.79 Å². The summed E-state index contributed by atoms with van der Waals surface area (Å²) in [6.45, 7) is 16.6. The Morgan fingerprint density at radius 1 is 1.06 bits per heavy atom. The smallest absolute Gasteiger partial charge is 0.302 e. The Morgan fingerprint density at radius 3 is 2.48 bits per heavy atom. The zero-order valence-electron chi connectivity index (χ0n) is 22.8. The van der Waals surface area contributed by atoms with Crippen LogP contribution in [0.2, 0.25) is 0 Å². The maximum Gasteiger partial charge on any atom is 0.302 e. The first-order valence-electron chi connectivity index (χ1n) is 14.5. The highest BCUT2D eigenvalue weighted by Crippen LogP contribution is 2.67. The Morgan fingerprint density at radius 2 is 1.82 bits per heavy atom. The first-order valence-corrected chi connectivity index (χ1v) is 14.5. The number of carbonyl (C=O) groups is 1. The van der Waals surface area contributed by atoms with Gasteiger partial charge in [0.05, 0.1) is 0 Å². The third-order valence-electron chi connectivity index (χ3n) is 11.6. The number of fused-ring (bicyclic) bond motifs is 5. The van der Waals surface area contributed by atoms with Gasteiger partial charge in [0.1, 0.15) is 6.10 Å². The predicted molar refractivity (Wildman–Crippen MR) is 138 cm³/mol. The van der Waals surface area contributed by atoms with Crippen molar-refractivity contribution in [3.8, 4) is 0 Å². The number of esters is 1. The van der Waals surface area contributed by atoms with Crippen LogP contribution in [0.3, 0.4) is 0 Å². The molecule has 0 radical (unpaired) electrons. The molecular weight excluding hydrogens is 404 g/mol. The summed E-state index contributed by atoms with van der Waals surface area (Å²) in [7, 11) is 0. The average Bonchev–Trinajstić information content (AvgIpc) is 3.11. The molecule has 4 rings (SSSR count). The Kier molecular flexibility index (Phi) is 7.43. The standard InChI is InChI=1S/C31H52O2/c1-8-23(20(2)3)10-9-21(4)27-13-14-28-26-12-11-24-19-25(33-22(5)32)15-17-30(24,6)29(26)16-18-31(27,28)7/h11,20-21,23,25-29H,8-10,12-19H2,1-7H3/t21-,23+,25-,26+,27-,28-,29+,30+,31-/m1/s1. The van der Waals surface area contributed by atoms with E-state index in [2.05, 4.69) is 47.6 Å². The average molecular weight is 457 g/mol. The van der Waals surface area contributed by atoms with Crippen molar-refractivity contribution in [2.24, 2.45) is 52.3 Å². The Hall–Kier alpha value is -0.790. The second-order valence-electron chi connectivity index (χ2n) is 13.4. The Bertz CT molecular complexity index is 737. The molecule has 0 aromatic carbocycles. The quantitative estimate of drug-likeness (QED) is 0.283. The van der Waals surface area contributed by atoms with Gasteiger partial charge in [0, 0.05) is 13.3 Å². The molecule has 0 N–H and O–H groups in total. The number of rotatable bonds is 7. The molecule has 0 aliphatic heterocycles. The van der Waals surface area contributed by atoms with Gasteiger partial charge in [0.2, 0.25) is 0 Å². The van der Waals surface area contributed by atoms with Gasteiger partial charge in [-0.25, -0.2) is 0 Å². The molecule has 0 aromatic rings. The van der Waals surface area contributed by atoms with Crippen LogP contribution in [0.1, 0.15) is 119 Å². The van der Waals surface area contributed by atoms with Gasteiger partial charge in [-0.1, -0.05) is 66.0 Å². The van der Waals surface area contributed by atoms with Gasteiger partial charge in [-0.3, -0.25) is 4.79 Å². The van der Waals surface area contributed by atoms with E-state index in [1.165, 1.54) is 57.8 Å². The predicted octanol–water partition coefficient (Wildman–Crippen LogP) is 8.60. The summed E-state index contributed by atoms with van der Waals surface area (Å²) in [6, 6.07) is 0. The van der Waals surface area contributed by atoms with Crippen molar-refractivity contribution in [1.29, 1.82) is 0 Å². The van der Waals surface area contributed by atoms with Gasteiger partial charge < -0.3 is 4.74 Å². The van der Waals surface area contributed by atoms with Gasteiger partial charge >= 0.3 is 5.97 Å². The summed E-state index contributed by atoms with van der Waals surface area (Å²) >= 11 is 0. The third-order valence-corrected chi connectivity index (χ3v) is 11.6. The summed E-state index contributed by atoms with van der Waals surface area (Å²) in [5.41, 5.74) is 2.51. The molecule has 33 heavy (non-hydrogen) atoms. The molecule has 0 heterocycles. The number of allylic oxidation sites excluding steroid dienone is 1. The normalized spacial score (nSPS) is 42.1. The van der Waals surface area contributed by atoms with Crippen LogP contribution in [0, 0.1) is 52.3 Å². The molecule has 4 aliphatic rings. The zero-order chi connectivity index (χ0) is 24.0. The van der Waals surface area contributed by atoms with Gasteiger partial charge in [-0.2, -0.15) is 0 Å². The lowest BCUT2D eigenvalue weighted by Crippen LogP contribution is -2.51.